The molecule has 1 saturated heterocycles. The minimum atomic E-state index is -0.765. The molecule has 0 spiro atoms. The second-order valence-corrected chi connectivity index (χ2v) is 11.5. The highest BCUT2D eigenvalue weighted by atomic mass is 35.5. The highest BCUT2D eigenvalue weighted by Crippen LogP contribution is 2.42. The molecule has 0 saturated carbocycles. The number of rotatable bonds is 6. The van der Waals surface area contributed by atoms with Crippen molar-refractivity contribution in [2.45, 2.75) is 38.8 Å². The molecule has 0 aliphatic carbocycles. The third-order valence-electron chi connectivity index (χ3n) is 6.98. The van der Waals surface area contributed by atoms with Crippen LogP contribution in [0.25, 0.3) is 32.8 Å². The van der Waals surface area contributed by atoms with E-state index in [1.165, 1.54) is 11.0 Å². The number of fused-ring (bicyclic) bond motifs is 2. The molecular weight excluding hydrogens is 577 g/mol. The summed E-state index contributed by atoms with van der Waals surface area (Å²) in [6.07, 6.45) is 0.0158. The molecule has 10 nitrogen and oxygen atoms in total. The van der Waals surface area contributed by atoms with Gasteiger partial charge in [0, 0.05) is 30.6 Å². The second kappa shape index (κ2) is 11.9. The summed E-state index contributed by atoms with van der Waals surface area (Å²) in [4.78, 5) is 36.1. The minimum Gasteiger partial charge on any atom is -0.508 e. The number of phenols is 1. The molecule has 1 fully saturated rings. The Kier molecular flexibility index (Phi) is 8.24. The average molecular weight is 606 g/mol. The summed E-state index contributed by atoms with van der Waals surface area (Å²) in [6, 6.07) is 13.1. The highest BCUT2D eigenvalue weighted by Gasteiger charge is 2.35. The van der Waals surface area contributed by atoms with Gasteiger partial charge < -0.3 is 24.4 Å². The van der Waals surface area contributed by atoms with Crippen LogP contribution in [-0.4, -0.2) is 70.2 Å². The number of halogens is 2. The van der Waals surface area contributed by atoms with Gasteiger partial charge >= 0.3 is 12.1 Å². The normalized spacial score (nSPS) is 15.4. The lowest BCUT2D eigenvalue weighted by Gasteiger charge is -2.41. The molecule has 43 heavy (non-hydrogen) atoms. The van der Waals surface area contributed by atoms with Crippen LogP contribution in [0.2, 0.25) is 5.02 Å². The third kappa shape index (κ3) is 6.10. The molecule has 4 aromatic rings. The highest BCUT2D eigenvalue weighted by molar-refractivity contribution is 6.35. The lowest BCUT2D eigenvalue weighted by molar-refractivity contribution is -0.109. The van der Waals surface area contributed by atoms with E-state index in [0.29, 0.717) is 22.6 Å². The van der Waals surface area contributed by atoms with Crippen LogP contribution in [0.15, 0.2) is 42.5 Å². The molecule has 2 heterocycles. The van der Waals surface area contributed by atoms with Crippen molar-refractivity contribution in [3.8, 4) is 29.0 Å². The van der Waals surface area contributed by atoms with Gasteiger partial charge in [0.1, 0.15) is 29.3 Å². The monoisotopic (exact) mass is 605 g/mol. The van der Waals surface area contributed by atoms with Crippen LogP contribution in [0, 0.1) is 17.1 Å². The Bertz CT molecular complexity index is 1770. The van der Waals surface area contributed by atoms with Gasteiger partial charge in [-0.05, 0) is 55.3 Å². The van der Waals surface area contributed by atoms with Crippen molar-refractivity contribution in [2.75, 3.05) is 31.1 Å². The summed E-state index contributed by atoms with van der Waals surface area (Å²) in [5, 5.41) is 21.6. The number of benzene rings is 3. The van der Waals surface area contributed by atoms with E-state index >= 15 is 4.39 Å². The molecule has 1 N–H and O–H groups in total. The van der Waals surface area contributed by atoms with Gasteiger partial charge in [0.05, 0.1) is 23.6 Å². The number of piperazine rings is 1. The third-order valence-corrected chi connectivity index (χ3v) is 7.27. The summed E-state index contributed by atoms with van der Waals surface area (Å²) in [5.41, 5.74) is -0.421. The Morgan fingerprint density at radius 2 is 1.98 bits per heavy atom. The lowest BCUT2D eigenvalue weighted by atomic mass is 9.96. The van der Waals surface area contributed by atoms with Crippen molar-refractivity contribution in [1.29, 1.82) is 5.26 Å². The Balaban J connectivity index is 1.64. The standard InChI is InChI=1S/C31H29ClFN5O5/c1-31(2,3)43-30(41)38-11-10-37(17-19(38)8-9-34)28-23-16-24(32)25(26(33)27(23)35-29(36-28)42-13-12-39)22-15-20(40)14-18-6-4-5-7-21(18)22/h4-7,12,14-16,19,40H,8,10-11,13,17H2,1-3H3/t19-/m0/s1. The lowest BCUT2D eigenvalue weighted by Crippen LogP contribution is -2.56. The SMILES string of the molecule is CC(C)(C)OC(=O)N1CCN(c2nc(OCC=O)nc3c(F)c(-c4cc(O)cc5ccccc45)c(Cl)cc23)C[C@@H]1CC#N. The molecule has 0 bridgehead atoms. The number of nitrogens with zero attached hydrogens (tertiary/aromatic N) is 5. The molecule has 1 aromatic heterocycles. The maximum absolute atomic E-state index is 16.5. The van der Waals surface area contributed by atoms with Crippen molar-refractivity contribution in [2.24, 2.45) is 0 Å². The number of anilines is 1. The topological polar surface area (TPSA) is 129 Å². The summed E-state index contributed by atoms with van der Waals surface area (Å²) in [6.45, 7) is 5.61. The Morgan fingerprint density at radius 1 is 1.21 bits per heavy atom. The number of aldehydes is 1. The molecular formula is C31H29ClFN5O5. The van der Waals surface area contributed by atoms with E-state index in [9.17, 15) is 20.0 Å². The molecule has 1 aliphatic rings. The van der Waals surface area contributed by atoms with Gasteiger partial charge in [-0.15, -0.1) is 0 Å². The van der Waals surface area contributed by atoms with Crippen molar-refractivity contribution in [3.63, 3.8) is 0 Å². The number of phenolic OH excluding ortho intramolecular Hbond substituents is 1. The first kappa shape index (κ1) is 29.8. The molecule has 222 valence electrons. The van der Waals surface area contributed by atoms with Crippen molar-refractivity contribution < 1.29 is 28.6 Å². The zero-order valence-corrected chi connectivity index (χ0v) is 24.6. The number of hydrogen-bond donors (Lipinski definition) is 1. The van der Waals surface area contributed by atoms with Gasteiger partial charge in [-0.3, -0.25) is 4.79 Å². The zero-order valence-electron chi connectivity index (χ0n) is 23.8. The number of ether oxygens (including phenoxy) is 2. The number of aromatic hydroxyl groups is 1. The van der Waals surface area contributed by atoms with Gasteiger partial charge in [-0.1, -0.05) is 35.9 Å². The van der Waals surface area contributed by atoms with Crippen molar-refractivity contribution in [1.82, 2.24) is 14.9 Å². The zero-order chi connectivity index (χ0) is 30.9. The first-order chi connectivity index (χ1) is 20.5. The summed E-state index contributed by atoms with van der Waals surface area (Å²) in [7, 11) is 0. The predicted molar refractivity (Wildman–Crippen MR) is 160 cm³/mol. The Hall–Kier alpha value is -4.69. The van der Waals surface area contributed by atoms with Gasteiger partial charge in [-0.2, -0.15) is 15.2 Å². The fourth-order valence-corrected chi connectivity index (χ4v) is 5.51. The van der Waals surface area contributed by atoms with E-state index in [1.54, 1.807) is 56.0 Å². The number of carbonyl (C=O) groups excluding carboxylic acids is 2. The molecule has 0 radical (unpaired) electrons. The number of amides is 1. The predicted octanol–water partition coefficient (Wildman–Crippen LogP) is 5.87. The van der Waals surface area contributed by atoms with E-state index in [2.05, 4.69) is 16.0 Å². The molecule has 5 rings (SSSR count). The van der Waals surface area contributed by atoms with E-state index in [4.69, 9.17) is 21.1 Å². The van der Waals surface area contributed by atoms with Crippen LogP contribution < -0.4 is 9.64 Å². The first-order valence-corrected chi connectivity index (χ1v) is 14.0. The fourth-order valence-electron chi connectivity index (χ4n) is 5.21. The maximum atomic E-state index is 16.5. The van der Waals surface area contributed by atoms with Crippen LogP contribution in [0.4, 0.5) is 15.0 Å². The van der Waals surface area contributed by atoms with Crippen LogP contribution >= 0.6 is 11.6 Å². The van der Waals surface area contributed by atoms with E-state index in [-0.39, 0.29) is 71.7 Å². The maximum Gasteiger partial charge on any atom is 0.410 e. The quantitative estimate of drug-likeness (QED) is 0.268. The van der Waals surface area contributed by atoms with Crippen LogP contribution in [0.5, 0.6) is 11.8 Å². The van der Waals surface area contributed by atoms with Crippen molar-refractivity contribution >= 4 is 51.5 Å². The van der Waals surface area contributed by atoms with E-state index < -0.39 is 23.6 Å². The summed E-state index contributed by atoms with van der Waals surface area (Å²) in [5.74, 6) is -0.557. The Morgan fingerprint density at radius 3 is 2.70 bits per heavy atom. The molecule has 12 heteroatoms. The van der Waals surface area contributed by atoms with E-state index in [1.807, 2.05) is 6.07 Å². The molecule has 1 atom stereocenters. The number of nitriles is 1. The van der Waals surface area contributed by atoms with Gasteiger partial charge in [-0.25, -0.2) is 9.18 Å². The van der Waals surface area contributed by atoms with Crippen LogP contribution in [0.3, 0.4) is 0 Å². The fraction of sp³-hybridized carbons (Fsp3) is 0.323. The molecule has 0 unspecified atom stereocenters. The summed E-state index contributed by atoms with van der Waals surface area (Å²) >= 11 is 6.75. The van der Waals surface area contributed by atoms with Gasteiger partial charge in [0.2, 0.25) is 0 Å². The average Bonchev–Trinajstić information content (AvgIpc) is 2.95. The van der Waals surface area contributed by atoms with Crippen LogP contribution in [0.1, 0.15) is 27.2 Å². The van der Waals surface area contributed by atoms with Gasteiger partial charge in [0.15, 0.2) is 12.1 Å². The number of carbonyl (C=O) groups is 2. The largest absolute Gasteiger partial charge is 0.508 e. The smallest absolute Gasteiger partial charge is 0.410 e. The molecule has 3 aromatic carbocycles. The van der Waals surface area contributed by atoms with E-state index in [0.717, 1.165) is 0 Å². The van der Waals surface area contributed by atoms with Crippen LogP contribution in [-0.2, 0) is 9.53 Å². The summed E-state index contributed by atoms with van der Waals surface area (Å²) < 4.78 is 27.5. The number of hydrogen-bond acceptors (Lipinski definition) is 9. The number of aromatic nitrogens is 2. The van der Waals surface area contributed by atoms with Gasteiger partial charge in [0.25, 0.3) is 0 Å². The second-order valence-electron chi connectivity index (χ2n) is 11.1. The minimum absolute atomic E-state index is 0.0249. The Labute approximate surface area is 252 Å². The first-order valence-electron chi connectivity index (χ1n) is 13.6. The van der Waals surface area contributed by atoms with Crippen molar-refractivity contribution in [3.05, 3.63) is 53.3 Å². The molecule has 1 aliphatic heterocycles. The molecule has 1 amide bonds.